The second-order valence-electron chi connectivity index (χ2n) is 3.01. The first kappa shape index (κ1) is 14.1. The molecule has 0 atom stereocenters. The first-order valence-corrected chi connectivity index (χ1v) is 7.23. The van der Waals surface area contributed by atoms with Crippen LogP contribution in [0.15, 0.2) is 17.0 Å². The van der Waals surface area contributed by atoms with Crippen LogP contribution in [0, 0.1) is 0 Å². The van der Waals surface area contributed by atoms with Crippen LogP contribution < -0.4 is 4.72 Å². The molecular formula is C9H10Cl3NO2S. The van der Waals surface area contributed by atoms with Crippen molar-refractivity contribution in [3.05, 3.63) is 27.7 Å². The second kappa shape index (κ2) is 5.56. The summed E-state index contributed by atoms with van der Waals surface area (Å²) in [5.41, 5.74) is 0.493. The molecule has 0 spiro atoms. The monoisotopic (exact) mass is 301 g/mol. The third kappa shape index (κ3) is 3.02. The molecule has 0 aliphatic rings. The summed E-state index contributed by atoms with van der Waals surface area (Å²) in [6.07, 6.45) is 0. The van der Waals surface area contributed by atoms with Gasteiger partial charge in [0.05, 0.1) is 5.02 Å². The zero-order valence-electron chi connectivity index (χ0n) is 8.43. The number of hydrogen-bond acceptors (Lipinski definition) is 2. The zero-order valence-corrected chi connectivity index (χ0v) is 11.5. The molecule has 0 aromatic heterocycles. The molecule has 0 aliphatic heterocycles. The molecule has 1 N–H and O–H groups in total. The van der Waals surface area contributed by atoms with Crippen LogP contribution >= 0.6 is 34.8 Å². The molecule has 0 radical (unpaired) electrons. The summed E-state index contributed by atoms with van der Waals surface area (Å²) in [5, 5.41) is 0.400. The number of sulfonamides is 1. The predicted molar refractivity (Wildman–Crippen MR) is 66.9 cm³/mol. The Morgan fingerprint density at radius 3 is 2.44 bits per heavy atom. The van der Waals surface area contributed by atoms with Gasteiger partial charge in [-0.15, -0.1) is 11.6 Å². The van der Waals surface area contributed by atoms with E-state index in [0.29, 0.717) is 5.56 Å². The lowest BCUT2D eigenvalue weighted by Gasteiger charge is -2.10. The number of alkyl halides is 1. The second-order valence-corrected chi connectivity index (χ2v) is 5.83. The maximum atomic E-state index is 11.8. The Morgan fingerprint density at radius 1 is 1.31 bits per heavy atom. The summed E-state index contributed by atoms with van der Waals surface area (Å²) in [7, 11) is -3.62. The third-order valence-corrected chi connectivity index (χ3v) is 4.48. The lowest BCUT2D eigenvalue weighted by molar-refractivity contribution is 0.584. The molecule has 16 heavy (non-hydrogen) atoms. The highest BCUT2D eigenvalue weighted by atomic mass is 35.5. The van der Waals surface area contributed by atoms with Gasteiger partial charge in [-0.05, 0) is 17.7 Å². The van der Waals surface area contributed by atoms with E-state index in [1.165, 1.54) is 6.07 Å². The van der Waals surface area contributed by atoms with Crippen LogP contribution in [0.3, 0.4) is 0 Å². The van der Waals surface area contributed by atoms with Crippen molar-refractivity contribution in [1.29, 1.82) is 0 Å². The topological polar surface area (TPSA) is 46.2 Å². The van der Waals surface area contributed by atoms with Crippen molar-refractivity contribution in [2.75, 3.05) is 6.54 Å². The minimum absolute atomic E-state index is 0.0424. The molecule has 0 aliphatic carbocycles. The van der Waals surface area contributed by atoms with Gasteiger partial charge < -0.3 is 0 Å². The quantitative estimate of drug-likeness (QED) is 0.869. The minimum atomic E-state index is -3.62. The largest absolute Gasteiger partial charge is 0.242 e. The molecular weight excluding hydrogens is 293 g/mol. The van der Waals surface area contributed by atoms with Crippen molar-refractivity contribution in [3.8, 4) is 0 Å². The van der Waals surface area contributed by atoms with Crippen molar-refractivity contribution >= 4 is 44.8 Å². The molecule has 0 saturated carbocycles. The van der Waals surface area contributed by atoms with Gasteiger partial charge in [0.25, 0.3) is 0 Å². The summed E-state index contributed by atoms with van der Waals surface area (Å²) >= 11 is 17.4. The molecule has 0 amide bonds. The number of benzene rings is 1. The van der Waals surface area contributed by atoms with Crippen LogP contribution in [0.5, 0.6) is 0 Å². The Hall–Kier alpha value is -0.000000000000000111. The minimum Gasteiger partial charge on any atom is -0.211 e. The SMILES string of the molecule is CCNS(=O)(=O)c1cc(Cl)cc(CCl)c1Cl. The zero-order chi connectivity index (χ0) is 12.3. The van der Waals surface area contributed by atoms with E-state index in [-0.39, 0.29) is 27.4 Å². The van der Waals surface area contributed by atoms with Gasteiger partial charge in [-0.25, -0.2) is 13.1 Å². The van der Waals surface area contributed by atoms with E-state index in [2.05, 4.69) is 4.72 Å². The number of rotatable bonds is 4. The van der Waals surface area contributed by atoms with E-state index in [0.717, 1.165) is 0 Å². The van der Waals surface area contributed by atoms with Crippen molar-refractivity contribution in [1.82, 2.24) is 4.72 Å². The van der Waals surface area contributed by atoms with Crippen molar-refractivity contribution < 1.29 is 8.42 Å². The highest BCUT2D eigenvalue weighted by Gasteiger charge is 2.19. The average Bonchev–Trinajstić information content (AvgIpc) is 2.20. The van der Waals surface area contributed by atoms with Crippen molar-refractivity contribution in [2.45, 2.75) is 17.7 Å². The molecule has 90 valence electrons. The summed E-state index contributed by atoms with van der Waals surface area (Å²) in [6, 6.07) is 2.85. The first-order valence-electron chi connectivity index (χ1n) is 4.46. The molecule has 1 aromatic rings. The Kier molecular flexibility index (Phi) is 4.88. The van der Waals surface area contributed by atoms with Gasteiger partial charge in [0.1, 0.15) is 4.90 Å². The summed E-state index contributed by atoms with van der Waals surface area (Å²) < 4.78 is 25.9. The van der Waals surface area contributed by atoms with Crippen molar-refractivity contribution in [3.63, 3.8) is 0 Å². The molecule has 1 aromatic carbocycles. The highest BCUT2D eigenvalue weighted by molar-refractivity contribution is 7.89. The molecule has 0 heterocycles. The van der Waals surface area contributed by atoms with Crippen LogP contribution in [0.25, 0.3) is 0 Å². The molecule has 0 fully saturated rings. The van der Waals surface area contributed by atoms with Gasteiger partial charge >= 0.3 is 0 Å². The van der Waals surface area contributed by atoms with Crippen LogP contribution in [-0.4, -0.2) is 15.0 Å². The van der Waals surface area contributed by atoms with Crippen LogP contribution in [-0.2, 0) is 15.9 Å². The molecule has 3 nitrogen and oxygen atoms in total. The number of hydrogen-bond donors (Lipinski definition) is 1. The van der Waals surface area contributed by atoms with E-state index in [4.69, 9.17) is 34.8 Å². The van der Waals surface area contributed by atoms with Gasteiger partial charge in [-0.1, -0.05) is 30.1 Å². The molecule has 0 saturated heterocycles. The molecule has 1 rings (SSSR count). The standard InChI is InChI=1S/C9H10Cl3NO2S/c1-2-13-16(14,15)8-4-7(11)3-6(5-10)9(8)12/h3-4,13H,2,5H2,1H3. The van der Waals surface area contributed by atoms with E-state index < -0.39 is 10.0 Å². The fourth-order valence-electron chi connectivity index (χ4n) is 1.18. The van der Waals surface area contributed by atoms with Crippen LogP contribution in [0.4, 0.5) is 0 Å². The summed E-state index contributed by atoms with van der Waals surface area (Å²) in [6.45, 7) is 1.96. The smallest absolute Gasteiger partial charge is 0.211 e. The van der Waals surface area contributed by atoms with Gasteiger partial charge in [0.15, 0.2) is 0 Å². The molecule has 7 heteroatoms. The highest BCUT2D eigenvalue weighted by Crippen LogP contribution is 2.30. The fourth-order valence-corrected chi connectivity index (χ4v) is 3.43. The van der Waals surface area contributed by atoms with E-state index >= 15 is 0 Å². The maximum absolute atomic E-state index is 11.8. The Bertz CT molecular complexity index is 488. The average molecular weight is 303 g/mol. The number of halogens is 3. The van der Waals surface area contributed by atoms with Crippen molar-refractivity contribution in [2.24, 2.45) is 0 Å². The Balaban J connectivity index is 3.39. The van der Waals surface area contributed by atoms with Gasteiger partial charge in [0, 0.05) is 17.4 Å². The summed E-state index contributed by atoms with van der Waals surface area (Å²) in [5.74, 6) is 0.105. The lowest BCUT2D eigenvalue weighted by atomic mass is 10.2. The Labute approximate surface area is 110 Å². The van der Waals surface area contributed by atoms with Crippen LogP contribution in [0.1, 0.15) is 12.5 Å². The predicted octanol–water partition coefficient (Wildman–Crippen LogP) is 3.03. The van der Waals surface area contributed by atoms with E-state index in [9.17, 15) is 8.42 Å². The van der Waals surface area contributed by atoms with Gasteiger partial charge in [-0.3, -0.25) is 0 Å². The van der Waals surface area contributed by atoms with Gasteiger partial charge in [0.2, 0.25) is 10.0 Å². The maximum Gasteiger partial charge on any atom is 0.242 e. The van der Waals surface area contributed by atoms with Gasteiger partial charge in [-0.2, -0.15) is 0 Å². The summed E-state index contributed by atoms with van der Waals surface area (Å²) in [4.78, 5) is -0.0424. The Morgan fingerprint density at radius 2 is 1.94 bits per heavy atom. The normalized spacial score (nSPS) is 11.8. The van der Waals surface area contributed by atoms with Crippen LogP contribution in [0.2, 0.25) is 10.0 Å². The van der Waals surface area contributed by atoms with E-state index in [1.807, 2.05) is 0 Å². The third-order valence-electron chi connectivity index (χ3n) is 1.85. The lowest BCUT2D eigenvalue weighted by Crippen LogP contribution is -2.23. The fraction of sp³-hybridized carbons (Fsp3) is 0.333. The number of nitrogens with one attached hydrogen (secondary N) is 1. The molecule has 0 bridgehead atoms. The van der Waals surface area contributed by atoms with E-state index in [1.54, 1.807) is 13.0 Å². The molecule has 0 unspecified atom stereocenters. The first-order chi connectivity index (χ1) is 7.42.